The van der Waals surface area contributed by atoms with E-state index in [0.717, 1.165) is 53.7 Å². The summed E-state index contributed by atoms with van der Waals surface area (Å²) in [5, 5.41) is 3.17. The third-order valence-electron chi connectivity index (χ3n) is 6.04. The highest BCUT2D eigenvalue weighted by Crippen LogP contribution is 2.39. The van der Waals surface area contributed by atoms with E-state index in [-0.39, 0.29) is 11.9 Å². The summed E-state index contributed by atoms with van der Waals surface area (Å²) in [5.41, 5.74) is 3.59. The Bertz CT molecular complexity index is 1150. The summed E-state index contributed by atoms with van der Waals surface area (Å²) >= 11 is 0. The largest absolute Gasteiger partial charge is 0.349 e. The van der Waals surface area contributed by atoms with Crippen LogP contribution in [0.3, 0.4) is 0 Å². The van der Waals surface area contributed by atoms with Gasteiger partial charge in [0.05, 0.1) is 5.69 Å². The topological polar surface area (TPSA) is 66.3 Å². The van der Waals surface area contributed by atoms with Crippen molar-refractivity contribution >= 4 is 17.4 Å². The van der Waals surface area contributed by atoms with E-state index in [1.54, 1.807) is 0 Å². The van der Waals surface area contributed by atoms with E-state index in [2.05, 4.69) is 32.5 Å². The molecule has 1 N–H and O–H groups in total. The summed E-state index contributed by atoms with van der Waals surface area (Å²) in [6.07, 6.45) is 7.33. The molecule has 2 aliphatic heterocycles. The maximum absolute atomic E-state index is 12.9. The van der Waals surface area contributed by atoms with Gasteiger partial charge < -0.3 is 19.7 Å². The van der Waals surface area contributed by atoms with Crippen molar-refractivity contribution < 1.29 is 4.79 Å². The smallest absolute Gasteiger partial charge is 0.251 e. The Kier molecular flexibility index (Phi) is 4.31. The third kappa shape index (κ3) is 3.03. The van der Waals surface area contributed by atoms with Crippen molar-refractivity contribution in [2.75, 3.05) is 23.9 Å². The number of aryl methyl sites for hydroxylation is 1. The van der Waals surface area contributed by atoms with Crippen LogP contribution >= 0.6 is 0 Å². The fourth-order valence-electron chi connectivity index (χ4n) is 4.18. The maximum atomic E-state index is 12.9. The Hall–Kier alpha value is -3.61. The number of imidazole rings is 1. The second kappa shape index (κ2) is 7.02. The number of amides is 1. The highest BCUT2D eigenvalue weighted by molar-refractivity contribution is 5.96. The first-order chi connectivity index (χ1) is 14.5. The number of aromatic nitrogens is 3. The number of benzene rings is 1. The number of hydrogen-bond acceptors (Lipinski definition) is 5. The molecule has 7 heteroatoms. The predicted molar refractivity (Wildman–Crippen MR) is 117 cm³/mol. The van der Waals surface area contributed by atoms with Crippen LogP contribution in [0.4, 0.5) is 11.5 Å². The van der Waals surface area contributed by atoms with E-state index in [1.807, 2.05) is 66.8 Å². The van der Waals surface area contributed by atoms with Crippen molar-refractivity contribution in [3.63, 3.8) is 0 Å². The van der Waals surface area contributed by atoms with Gasteiger partial charge in [-0.25, -0.2) is 9.97 Å². The second-order valence-electron chi connectivity index (χ2n) is 7.88. The first kappa shape index (κ1) is 18.4. The molecule has 4 heterocycles. The molecule has 0 bridgehead atoms. The lowest BCUT2D eigenvalue weighted by Gasteiger charge is -2.24. The minimum atomic E-state index is -0.0544. The van der Waals surface area contributed by atoms with Crippen molar-refractivity contribution in [3.05, 3.63) is 72.7 Å². The molecule has 2 aliphatic rings. The molecule has 0 saturated carbocycles. The van der Waals surface area contributed by atoms with Gasteiger partial charge in [-0.2, -0.15) is 0 Å². The average Bonchev–Trinajstić information content (AvgIpc) is 3.32. The lowest BCUT2D eigenvalue weighted by atomic mass is 10.0. The molecule has 0 spiro atoms. The molecular formula is C23H24N6O. The van der Waals surface area contributed by atoms with E-state index in [0.29, 0.717) is 5.56 Å². The molecule has 1 unspecified atom stereocenters. The van der Waals surface area contributed by atoms with Crippen LogP contribution in [0.15, 0.2) is 61.3 Å². The Morgan fingerprint density at radius 2 is 2.03 bits per heavy atom. The van der Waals surface area contributed by atoms with E-state index in [9.17, 15) is 4.79 Å². The SMILES string of the molecule is C=C1N(C)c2cc(-c3cccc(C(=O)NC4CCn5ccnc5C4)c3)cnc2N1C. The van der Waals surface area contributed by atoms with Gasteiger partial charge in [0.15, 0.2) is 5.82 Å². The number of anilines is 2. The maximum Gasteiger partial charge on any atom is 0.251 e. The van der Waals surface area contributed by atoms with Crippen molar-refractivity contribution in [1.29, 1.82) is 0 Å². The van der Waals surface area contributed by atoms with Crippen molar-refractivity contribution in [1.82, 2.24) is 19.9 Å². The second-order valence-corrected chi connectivity index (χ2v) is 7.88. The molecule has 2 aromatic heterocycles. The summed E-state index contributed by atoms with van der Waals surface area (Å²) in [5.74, 6) is 2.74. The van der Waals surface area contributed by atoms with E-state index in [4.69, 9.17) is 0 Å². The lowest BCUT2D eigenvalue weighted by molar-refractivity contribution is 0.0930. The fourth-order valence-corrected chi connectivity index (χ4v) is 4.18. The summed E-state index contributed by atoms with van der Waals surface area (Å²) in [7, 11) is 3.94. The Balaban J connectivity index is 1.36. The van der Waals surface area contributed by atoms with Crippen LogP contribution in [0.25, 0.3) is 11.1 Å². The molecule has 152 valence electrons. The number of fused-ring (bicyclic) bond motifs is 2. The molecule has 5 rings (SSSR count). The zero-order chi connectivity index (χ0) is 20.8. The van der Waals surface area contributed by atoms with Gasteiger partial charge in [-0.05, 0) is 30.2 Å². The number of carbonyl (C=O) groups is 1. The van der Waals surface area contributed by atoms with Crippen molar-refractivity contribution in [3.8, 4) is 11.1 Å². The molecule has 1 aromatic carbocycles. The summed E-state index contributed by atoms with van der Waals surface area (Å²) in [6.45, 7) is 4.97. The molecule has 3 aromatic rings. The Morgan fingerprint density at radius 1 is 1.17 bits per heavy atom. The molecule has 0 saturated heterocycles. The van der Waals surface area contributed by atoms with E-state index >= 15 is 0 Å². The quantitative estimate of drug-likeness (QED) is 0.732. The van der Waals surface area contributed by atoms with Crippen molar-refractivity contribution in [2.24, 2.45) is 0 Å². The monoisotopic (exact) mass is 400 g/mol. The number of carbonyl (C=O) groups excluding carboxylic acids is 1. The number of rotatable bonds is 3. The number of nitrogens with one attached hydrogen (secondary N) is 1. The first-order valence-electron chi connectivity index (χ1n) is 10.1. The van der Waals surface area contributed by atoms with Gasteiger partial charge in [-0.1, -0.05) is 18.7 Å². The van der Waals surface area contributed by atoms with Crippen LogP contribution in [0.2, 0.25) is 0 Å². The van der Waals surface area contributed by atoms with Crippen molar-refractivity contribution in [2.45, 2.75) is 25.4 Å². The summed E-state index contributed by atoms with van der Waals surface area (Å²) < 4.78 is 2.15. The first-order valence-corrected chi connectivity index (χ1v) is 10.1. The minimum absolute atomic E-state index is 0.0544. The Morgan fingerprint density at radius 3 is 2.90 bits per heavy atom. The van der Waals surface area contributed by atoms with Crippen LogP contribution in [-0.4, -0.2) is 40.6 Å². The van der Waals surface area contributed by atoms with Gasteiger partial charge in [0, 0.05) is 62.8 Å². The normalized spacial score (nSPS) is 17.7. The highest BCUT2D eigenvalue weighted by Gasteiger charge is 2.26. The number of nitrogens with zero attached hydrogens (tertiary/aromatic N) is 5. The molecule has 7 nitrogen and oxygen atoms in total. The zero-order valence-corrected chi connectivity index (χ0v) is 17.2. The molecule has 0 fully saturated rings. The van der Waals surface area contributed by atoms with Crippen LogP contribution in [0.1, 0.15) is 22.6 Å². The van der Waals surface area contributed by atoms with Crippen LogP contribution in [0.5, 0.6) is 0 Å². The summed E-state index contributed by atoms with van der Waals surface area (Å²) in [6, 6.07) is 9.90. The molecule has 0 radical (unpaired) electrons. The number of pyridine rings is 1. The summed E-state index contributed by atoms with van der Waals surface area (Å²) in [4.78, 5) is 25.9. The highest BCUT2D eigenvalue weighted by atomic mass is 16.1. The van der Waals surface area contributed by atoms with Gasteiger partial charge in [0.2, 0.25) is 0 Å². The Labute approximate surface area is 175 Å². The lowest BCUT2D eigenvalue weighted by Crippen LogP contribution is -2.40. The van der Waals surface area contributed by atoms with Crippen LogP contribution in [0, 0.1) is 0 Å². The molecule has 1 atom stereocenters. The van der Waals surface area contributed by atoms with Gasteiger partial charge in [-0.15, -0.1) is 0 Å². The van der Waals surface area contributed by atoms with Gasteiger partial charge in [0.25, 0.3) is 5.91 Å². The van der Waals surface area contributed by atoms with Crippen LogP contribution < -0.4 is 15.1 Å². The molecule has 30 heavy (non-hydrogen) atoms. The fraction of sp³-hybridized carbons (Fsp3) is 0.261. The van der Waals surface area contributed by atoms with Gasteiger partial charge in [-0.3, -0.25) is 4.79 Å². The predicted octanol–water partition coefficient (Wildman–Crippen LogP) is 3.05. The standard InChI is InChI=1S/C23H24N6O/c1-15-27(2)20-12-18(14-25-22(20)28(15)3)16-5-4-6-17(11-16)23(30)26-19-7-9-29-10-8-24-21(29)13-19/h4-6,8,10-12,14,19H,1,7,9,13H2,2-3H3,(H,26,30). The number of hydrogen-bond donors (Lipinski definition) is 1. The van der Waals surface area contributed by atoms with Crippen LogP contribution in [-0.2, 0) is 13.0 Å². The molecular weight excluding hydrogens is 376 g/mol. The third-order valence-corrected chi connectivity index (χ3v) is 6.04. The van der Waals surface area contributed by atoms with Gasteiger partial charge >= 0.3 is 0 Å². The minimum Gasteiger partial charge on any atom is -0.349 e. The van der Waals surface area contributed by atoms with E-state index in [1.165, 1.54) is 0 Å². The molecule has 1 amide bonds. The average molecular weight is 400 g/mol. The van der Waals surface area contributed by atoms with Gasteiger partial charge in [0.1, 0.15) is 11.6 Å². The van der Waals surface area contributed by atoms with E-state index < -0.39 is 0 Å². The zero-order valence-electron chi connectivity index (χ0n) is 17.2. The molecule has 0 aliphatic carbocycles.